The van der Waals surface area contributed by atoms with E-state index in [2.05, 4.69) is 17.6 Å². The molecule has 2 N–H and O–H groups in total. The number of carbonyl (C=O) groups excluding carboxylic acids is 2. The van der Waals surface area contributed by atoms with Gasteiger partial charge in [0.05, 0.1) is 37.6 Å². The Bertz CT molecular complexity index is 983. The largest absolute Gasteiger partial charge is 0.497 e. The summed E-state index contributed by atoms with van der Waals surface area (Å²) < 4.78 is 10.8. The maximum absolute atomic E-state index is 13.2. The van der Waals surface area contributed by atoms with E-state index in [0.717, 1.165) is 35.5 Å². The number of rotatable bonds is 8. The molecule has 7 heteroatoms. The van der Waals surface area contributed by atoms with Gasteiger partial charge in [0.1, 0.15) is 11.5 Å². The van der Waals surface area contributed by atoms with Crippen molar-refractivity contribution in [2.75, 3.05) is 26.8 Å². The molecule has 0 aliphatic carbocycles. The lowest BCUT2D eigenvalue weighted by Gasteiger charge is -2.25. The number of nitrogens with one attached hydrogen (secondary N) is 2. The zero-order valence-corrected chi connectivity index (χ0v) is 17.8. The Morgan fingerprint density at radius 2 is 1.74 bits per heavy atom. The molecule has 0 saturated carbocycles. The van der Waals surface area contributed by atoms with Gasteiger partial charge in [0.15, 0.2) is 0 Å². The van der Waals surface area contributed by atoms with Gasteiger partial charge in [0.2, 0.25) is 0 Å². The van der Waals surface area contributed by atoms with Gasteiger partial charge in [-0.2, -0.15) is 0 Å². The Morgan fingerprint density at radius 1 is 1.03 bits per heavy atom. The minimum absolute atomic E-state index is 0.0488. The molecule has 2 aliphatic rings. The van der Waals surface area contributed by atoms with Crippen molar-refractivity contribution >= 4 is 11.9 Å². The van der Waals surface area contributed by atoms with Gasteiger partial charge in [-0.15, -0.1) is 0 Å². The molecule has 0 spiro atoms. The predicted molar refractivity (Wildman–Crippen MR) is 117 cm³/mol. The van der Waals surface area contributed by atoms with Gasteiger partial charge >= 0.3 is 6.03 Å². The lowest BCUT2D eigenvalue weighted by Crippen LogP contribution is -2.44. The fourth-order valence-electron chi connectivity index (χ4n) is 3.89. The molecule has 2 aromatic rings. The third kappa shape index (κ3) is 4.50. The van der Waals surface area contributed by atoms with Crippen molar-refractivity contribution in [3.8, 4) is 11.5 Å². The third-order valence-corrected chi connectivity index (χ3v) is 5.54. The topological polar surface area (TPSA) is 79.9 Å². The van der Waals surface area contributed by atoms with Gasteiger partial charge in [-0.1, -0.05) is 31.2 Å². The van der Waals surface area contributed by atoms with Crippen LogP contribution in [0.1, 0.15) is 30.5 Å². The summed E-state index contributed by atoms with van der Waals surface area (Å²) in [7, 11) is 1.64. The quantitative estimate of drug-likeness (QED) is 0.686. The first-order valence-electron chi connectivity index (χ1n) is 10.5. The van der Waals surface area contributed by atoms with E-state index in [1.54, 1.807) is 12.0 Å². The molecule has 0 radical (unpaired) electrons. The number of nitrogens with zero attached hydrogens (tertiary/aromatic N) is 1. The molecule has 0 bridgehead atoms. The Labute approximate surface area is 182 Å². The van der Waals surface area contributed by atoms with E-state index in [4.69, 9.17) is 9.47 Å². The lowest BCUT2D eigenvalue weighted by atomic mass is 9.96. The minimum atomic E-state index is -0.470. The number of amides is 3. The molecule has 31 heavy (non-hydrogen) atoms. The summed E-state index contributed by atoms with van der Waals surface area (Å²) in [5, 5.41) is 5.71. The average molecular weight is 421 g/mol. The summed E-state index contributed by atoms with van der Waals surface area (Å²) >= 11 is 0. The van der Waals surface area contributed by atoms with Crippen LogP contribution in [0.5, 0.6) is 11.5 Å². The van der Waals surface area contributed by atoms with Gasteiger partial charge < -0.3 is 25.0 Å². The number of urea groups is 1. The third-order valence-electron chi connectivity index (χ3n) is 5.54. The van der Waals surface area contributed by atoms with Gasteiger partial charge in [-0.3, -0.25) is 4.79 Å². The number of hydrogen-bond donors (Lipinski definition) is 2. The summed E-state index contributed by atoms with van der Waals surface area (Å²) in [4.78, 5) is 27.2. The SMILES string of the molecule is CCCOc1ccc([C@@H]2NC(=O)NC3=C2C(=O)N(CCc2ccc(OC)cc2)C3)cc1. The first kappa shape index (κ1) is 20.8. The highest BCUT2D eigenvalue weighted by Crippen LogP contribution is 2.33. The molecule has 2 aromatic carbocycles. The summed E-state index contributed by atoms with van der Waals surface area (Å²) in [5.74, 6) is 1.53. The Morgan fingerprint density at radius 3 is 2.42 bits per heavy atom. The zero-order valence-electron chi connectivity index (χ0n) is 17.8. The fourth-order valence-corrected chi connectivity index (χ4v) is 3.89. The number of ether oxygens (including phenoxy) is 2. The average Bonchev–Trinajstić information content (AvgIpc) is 3.11. The summed E-state index contributed by atoms with van der Waals surface area (Å²) in [6.07, 6.45) is 1.66. The highest BCUT2D eigenvalue weighted by Gasteiger charge is 2.40. The second kappa shape index (κ2) is 9.12. The Hall–Kier alpha value is -3.48. The predicted octanol–water partition coefficient (Wildman–Crippen LogP) is 3.18. The van der Waals surface area contributed by atoms with E-state index in [1.807, 2.05) is 48.5 Å². The van der Waals surface area contributed by atoms with Crippen LogP contribution in [0.2, 0.25) is 0 Å². The molecule has 1 atom stereocenters. The molecule has 4 rings (SSSR count). The van der Waals surface area contributed by atoms with Crippen LogP contribution in [0.15, 0.2) is 59.8 Å². The highest BCUT2D eigenvalue weighted by atomic mass is 16.5. The molecular weight excluding hydrogens is 394 g/mol. The first-order valence-corrected chi connectivity index (χ1v) is 10.5. The molecule has 0 unspecified atom stereocenters. The Balaban J connectivity index is 1.47. The van der Waals surface area contributed by atoms with Crippen LogP contribution in [0.25, 0.3) is 0 Å². The molecule has 3 amide bonds. The van der Waals surface area contributed by atoms with Gasteiger partial charge in [-0.25, -0.2) is 4.79 Å². The van der Waals surface area contributed by atoms with Crippen LogP contribution in [0.3, 0.4) is 0 Å². The molecular formula is C24H27N3O4. The zero-order chi connectivity index (χ0) is 21.8. The monoisotopic (exact) mass is 421 g/mol. The van der Waals surface area contributed by atoms with Crippen LogP contribution in [-0.4, -0.2) is 43.6 Å². The van der Waals surface area contributed by atoms with Crippen molar-refractivity contribution in [2.45, 2.75) is 25.8 Å². The van der Waals surface area contributed by atoms with Crippen LogP contribution < -0.4 is 20.1 Å². The number of methoxy groups -OCH3 is 1. The molecule has 2 aliphatic heterocycles. The van der Waals surface area contributed by atoms with Crippen LogP contribution in [0, 0.1) is 0 Å². The van der Waals surface area contributed by atoms with Crippen LogP contribution >= 0.6 is 0 Å². The smallest absolute Gasteiger partial charge is 0.319 e. The molecule has 2 heterocycles. The van der Waals surface area contributed by atoms with Crippen molar-refractivity contribution in [1.82, 2.24) is 15.5 Å². The summed E-state index contributed by atoms with van der Waals surface area (Å²) in [5.41, 5.74) is 3.27. The van der Waals surface area contributed by atoms with Crippen LogP contribution in [0.4, 0.5) is 4.79 Å². The summed E-state index contributed by atoms with van der Waals surface area (Å²) in [6.45, 7) is 3.69. The van der Waals surface area contributed by atoms with E-state index in [1.165, 1.54) is 0 Å². The second-order valence-corrected chi connectivity index (χ2v) is 7.67. The van der Waals surface area contributed by atoms with Gasteiger partial charge in [0, 0.05) is 6.54 Å². The van der Waals surface area contributed by atoms with Crippen LogP contribution in [-0.2, 0) is 11.2 Å². The van der Waals surface area contributed by atoms with Crippen molar-refractivity contribution in [2.24, 2.45) is 0 Å². The van der Waals surface area contributed by atoms with E-state index in [-0.39, 0.29) is 11.9 Å². The lowest BCUT2D eigenvalue weighted by molar-refractivity contribution is -0.125. The fraction of sp³-hybridized carbons (Fsp3) is 0.333. The number of benzene rings is 2. The van der Waals surface area contributed by atoms with Crippen molar-refractivity contribution in [3.63, 3.8) is 0 Å². The Kier molecular flexibility index (Phi) is 6.11. The maximum atomic E-state index is 13.2. The first-order chi connectivity index (χ1) is 15.1. The molecule has 0 aromatic heterocycles. The van der Waals surface area contributed by atoms with E-state index >= 15 is 0 Å². The summed E-state index contributed by atoms with van der Waals surface area (Å²) in [6, 6.07) is 14.6. The maximum Gasteiger partial charge on any atom is 0.319 e. The minimum Gasteiger partial charge on any atom is -0.497 e. The van der Waals surface area contributed by atoms with E-state index < -0.39 is 6.04 Å². The van der Waals surface area contributed by atoms with Crippen molar-refractivity contribution < 1.29 is 19.1 Å². The van der Waals surface area contributed by atoms with Crippen molar-refractivity contribution in [3.05, 3.63) is 70.9 Å². The highest BCUT2D eigenvalue weighted by molar-refractivity contribution is 6.01. The molecule has 162 valence electrons. The molecule has 0 saturated heterocycles. The van der Waals surface area contributed by atoms with Gasteiger partial charge in [-0.05, 0) is 48.2 Å². The number of hydrogen-bond acceptors (Lipinski definition) is 4. The molecule has 0 fully saturated rings. The van der Waals surface area contributed by atoms with Crippen molar-refractivity contribution in [1.29, 1.82) is 0 Å². The van der Waals surface area contributed by atoms with Gasteiger partial charge in [0.25, 0.3) is 5.91 Å². The second-order valence-electron chi connectivity index (χ2n) is 7.67. The normalized spacial score (nSPS) is 17.9. The number of carbonyl (C=O) groups is 2. The van der Waals surface area contributed by atoms with E-state index in [0.29, 0.717) is 31.0 Å². The standard InChI is InChI=1S/C24H27N3O4/c1-3-14-31-19-10-6-17(7-11-19)22-21-20(25-24(29)26-22)15-27(23(21)28)13-12-16-4-8-18(30-2)9-5-16/h4-11,22H,3,12-15H2,1-2H3,(H2,25,26,29)/t22-/m0/s1. The molecule has 7 nitrogen and oxygen atoms in total. The van der Waals surface area contributed by atoms with E-state index in [9.17, 15) is 9.59 Å².